The Labute approximate surface area is 134 Å². The Morgan fingerprint density at radius 1 is 1.14 bits per heavy atom. The Morgan fingerprint density at radius 2 is 1.71 bits per heavy atom. The highest BCUT2D eigenvalue weighted by Gasteiger charge is 2.52. The second-order valence-electron chi connectivity index (χ2n) is 7.49. The summed E-state index contributed by atoms with van der Waals surface area (Å²) in [5.41, 5.74) is 1.92. The van der Waals surface area contributed by atoms with E-state index in [1.165, 1.54) is 38.5 Å². The molecule has 4 saturated carbocycles. The average molecular weight is 349 g/mol. The summed E-state index contributed by atoms with van der Waals surface area (Å²) in [5, 5.41) is 10.8. The van der Waals surface area contributed by atoms with Gasteiger partial charge in [0.05, 0.1) is 5.33 Å². The van der Waals surface area contributed by atoms with Crippen molar-refractivity contribution in [3.8, 4) is 5.75 Å². The van der Waals surface area contributed by atoms with Crippen molar-refractivity contribution >= 4 is 21.7 Å². The maximum Gasteiger partial charge on any atom is 0.173 e. The number of rotatable bonds is 3. The largest absolute Gasteiger partial charge is 0.508 e. The number of hydrogen-bond donors (Lipinski definition) is 1. The van der Waals surface area contributed by atoms with Gasteiger partial charge in [-0.15, -0.1) is 0 Å². The summed E-state index contributed by atoms with van der Waals surface area (Å²) in [5.74, 6) is 3.01. The highest BCUT2D eigenvalue weighted by molar-refractivity contribution is 9.09. The lowest BCUT2D eigenvalue weighted by Crippen LogP contribution is -2.48. The molecule has 4 bridgehead atoms. The first-order valence-corrected chi connectivity index (χ1v) is 9.14. The third-order valence-electron chi connectivity index (χ3n) is 6.05. The molecule has 1 N–H and O–H groups in total. The third kappa shape index (κ3) is 2.16. The highest BCUT2D eigenvalue weighted by Crippen LogP contribution is 2.61. The van der Waals surface area contributed by atoms with E-state index in [0.29, 0.717) is 11.1 Å². The van der Waals surface area contributed by atoms with E-state index in [2.05, 4.69) is 15.9 Å². The molecule has 5 rings (SSSR count). The van der Waals surface area contributed by atoms with Crippen LogP contribution in [0.1, 0.15) is 54.4 Å². The zero-order valence-electron chi connectivity index (χ0n) is 12.1. The number of phenolic OH excluding ortho intramolecular Hbond substituents is 1. The monoisotopic (exact) mass is 348 g/mol. The van der Waals surface area contributed by atoms with Gasteiger partial charge in [0.25, 0.3) is 0 Å². The van der Waals surface area contributed by atoms with Gasteiger partial charge in [0.2, 0.25) is 0 Å². The summed E-state index contributed by atoms with van der Waals surface area (Å²) in [6.45, 7) is 0. The van der Waals surface area contributed by atoms with Crippen LogP contribution < -0.4 is 0 Å². The smallest absolute Gasteiger partial charge is 0.173 e. The second-order valence-corrected chi connectivity index (χ2v) is 8.05. The van der Waals surface area contributed by atoms with E-state index < -0.39 is 0 Å². The molecule has 4 aliphatic carbocycles. The summed E-state index contributed by atoms with van der Waals surface area (Å²) < 4.78 is 0. The molecule has 4 fully saturated rings. The van der Waals surface area contributed by atoms with Gasteiger partial charge in [0.1, 0.15) is 5.75 Å². The van der Waals surface area contributed by atoms with Crippen molar-refractivity contribution in [1.82, 2.24) is 0 Å². The van der Waals surface area contributed by atoms with Crippen molar-refractivity contribution in [1.29, 1.82) is 0 Å². The van der Waals surface area contributed by atoms with E-state index in [0.717, 1.165) is 28.9 Å². The van der Waals surface area contributed by atoms with Crippen molar-refractivity contribution in [3.63, 3.8) is 0 Å². The molecule has 112 valence electrons. The first-order valence-electron chi connectivity index (χ1n) is 8.02. The minimum Gasteiger partial charge on any atom is -0.508 e. The number of benzene rings is 1. The Kier molecular flexibility index (Phi) is 3.18. The molecular formula is C18H21BrO2. The van der Waals surface area contributed by atoms with Gasteiger partial charge in [-0.05, 0) is 79.9 Å². The van der Waals surface area contributed by atoms with Crippen LogP contribution in [0.2, 0.25) is 0 Å². The highest BCUT2D eigenvalue weighted by atomic mass is 79.9. The fourth-order valence-corrected chi connectivity index (χ4v) is 5.98. The number of hydrogen-bond acceptors (Lipinski definition) is 2. The standard InChI is InChI=1S/C18H21BrO2/c19-10-17(21)14-1-2-16(20)15(6-14)18-7-11-3-12(8-18)5-13(4-11)9-18/h1-2,6,11-13,20H,3-5,7-10H2. The maximum absolute atomic E-state index is 12.0. The normalized spacial score (nSPS) is 36.9. The topological polar surface area (TPSA) is 37.3 Å². The molecule has 0 spiro atoms. The molecule has 0 heterocycles. The molecule has 1 aromatic carbocycles. The minimum atomic E-state index is 0.0981. The number of halogens is 1. The molecule has 0 saturated heterocycles. The molecule has 0 amide bonds. The predicted octanol–water partition coefficient (Wildman–Crippen LogP) is 4.44. The third-order valence-corrected chi connectivity index (χ3v) is 6.56. The van der Waals surface area contributed by atoms with Crippen LogP contribution in [0.5, 0.6) is 5.75 Å². The molecule has 2 nitrogen and oxygen atoms in total. The molecule has 0 aromatic heterocycles. The van der Waals surface area contributed by atoms with Crippen LogP contribution in [0.15, 0.2) is 18.2 Å². The Balaban J connectivity index is 1.77. The van der Waals surface area contributed by atoms with E-state index >= 15 is 0 Å². The van der Waals surface area contributed by atoms with Gasteiger partial charge in [-0.2, -0.15) is 0 Å². The fourth-order valence-electron chi connectivity index (χ4n) is 5.65. The second kappa shape index (κ2) is 4.84. The van der Waals surface area contributed by atoms with Gasteiger partial charge in [-0.3, -0.25) is 4.79 Å². The van der Waals surface area contributed by atoms with E-state index in [9.17, 15) is 9.90 Å². The summed E-state index contributed by atoms with van der Waals surface area (Å²) in [6, 6.07) is 5.46. The SMILES string of the molecule is O=C(CBr)c1ccc(O)c(C23CC4CC(CC(C4)C2)C3)c1. The Bertz CT molecular complexity index is 558. The van der Waals surface area contributed by atoms with Crippen molar-refractivity contribution < 1.29 is 9.90 Å². The van der Waals surface area contributed by atoms with Crippen LogP contribution in [0, 0.1) is 17.8 Å². The number of Topliss-reactive ketones (excluding diaryl/α,β-unsaturated/α-hetero) is 1. The molecule has 3 heteroatoms. The summed E-state index contributed by atoms with van der Waals surface area (Å²) in [7, 11) is 0. The molecule has 0 atom stereocenters. The number of phenols is 1. The summed E-state index contributed by atoms with van der Waals surface area (Å²) in [6.07, 6.45) is 7.79. The molecule has 0 aliphatic heterocycles. The van der Waals surface area contributed by atoms with Gasteiger partial charge < -0.3 is 5.11 Å². The molecule has 21 heavy (non-hydrogen) atoms. The molecule has 4 aliphatic rings. The van der Waals surface area contributed by atoms with Crippen molar-refractivity contribution in [3.05, 3.63) is 29.3 Å². The maximum atomic E-state index is 12.0. The molecule has 1 aromatic rings. The van der Waals surface area contributed by atoms with Crippen LogP contribution >= 0.6 is 15.9 Å². The molecule has 0 radical (unpaired) electrons. The van der Waals surface area contributed by atoms with Crippen molar-refractivity contribution in [2.24, 2.45) is 17.8 Å². The first-order chi connectivity index (χ1) is 10.1. The van der Waals surface area contributed by atoms with Crippen molar-refractivity contribution in [2.45, 2.75) is 43.9 Å². The Hall–Kier alpha value is -0.830. The number of alkyl halides is 1. The van der Waals surface area contributed by atoms with Crippen molar-refractivity contribution in [2.75, 3.05) is 5.33 Å². The summed E-state index contributed by atoms with van der Waals surface area (Å²) >= 11 is 3.25. The summed E-state index contributed by atoms with van der Waals surface area (Å²) in [4.78, 5) is 12.0. The lowest BCUT2D eigenvalue weighted by Gasteiger charge is -2.57. The number of carbonyl (C=O) groups excluding carboxylic acids is 1. The van der Waals surface area contributed by atoms with Crippen LogP contribution in [0.3, 0.4) is 0 Å². The average Bonchev–Trinajstić information content (AvgIpc) is 2.45. The molecule has 0 unspecified atom stereocenters. The zero-order chi connectivity index (χ0) is 14.6. The van der Waals surface area contributed by atoms with Gasteiger partial charge in [-0.25, -0.2) is 0 Å². The molecular weight excluding hydrogens is 328 g/mol. The number of ketones is 1. The lowest BCUT2D eigenvalue weighted by atomic mass is 9.48. The zero-order valence-corrected chi connectivity index (χ0v) is 13.7. The number of carbonyl (C=O) groups is 1. The van der Waals surface area contributed by atoms with Gasteiger partial charge >= 0.3 is 0 Å². The van der Waals surface area contributed by atoms with E-state index in [-0.39, 0.29) is 11.2 Å². The Morgan fingerprint density at radius 3 is 2.24 bits per heavy atom. The van der Waals surface area contributed by atoms with Crippen LogP contribution in [-0.4, -0.2) is 16.2 Å². The quantitative estimate of drug-likeness (QED) is 0.647. The van der Waals surface area contributed by atoms with Gasteiger partial charge in [0, 0.05) is 11.1 Å². The lowest BCUT2D eigenvalue weighted by molar-refractivity contribution is -0.00614. The van der Waals surface area contributed by atoms with E-state index in [1.807, 2.05) is 6.07 Å². The fraction of sp³-hybridized carbons (Fsp3) is 0.611. The minimum absolute atomic E-state index is 0.0981. The van der Waals surface area contributed by atoms with Crippen LogP contribution in [-0.2, 0) is 5.41 Å². The van der Waals surface area contributed by atoms with Crippen LogP contribution in [0.4, 0.5) is 0 Å². The van der Waals surface area contributed by atoms with Gasteiger partial charge in [0.15, 0.2) is 5.78 Å². The van der Waals surface area contributed by atoms with E-state index in [4.69, 9.17) is 0 Å². The van der Waals surface area contributed by atoms with Crippen LogP contribution in [0.25, 0.3) is 0 Å². The first kappa shape index (κ1) is 13.8. The van der Waals surface area contributed by atoms with E-state index in [1.54, 1.807) is 12.1 Å². The predicted molar refractivity (Wildman–Crippen MR) is 86.1 cm³/mol. The number of aromatic hydroxyl groups is 1. The van der Waals surface area contributed by atoms with Gasteiger partial charge in [-0.1, -0.05) is 15.9 Å².